The molecule has 1 amide bonds. The molecular weight excluding hydrogens is 328 g/mol. The molecule has 0 N–H and O–H groups in total. The Labute approximate surface area is 155 Å². The number of carbonyl (C=O) groups excluding carboxylic acids is 1. The average molecular weight is 354 g/mol. The van der Waals surface area contributed by atoms with Gasteiger partial charge in [-0.2, -0.15) is 0 Å². The number of likely N-dealkylation sites (N-methyl/N-ethyl adjacent to an activating group) is 1. The first-order valence-electron chi connectivity index (χ1n) is 9.23. The summed E-state index contributed by atoms with van der Waals surface area (Å²) in [5.74, 6) is 0.624. The standard InChI is InChI=1S/C21H26N2O3/c1-3-23(15-18-7-4-5-14-26-18)21(24)17-12-10-16(11-13-17)19-8-6-9-20(22-19)25-2/h6,8-13,18H,3-5,7,14-15H2,1-2H3/t18-/m1/s1. The Hall–Kier alpha value is -2.40. The van der Waals surface area contributed by atoms with E-state index in [0.717, 1.165) is 30.7 Å². The highest BCUT2D eigenvalue weighted by molar-refractivity contribution is 5.94. The third-order valence-corrected chi connectivity index (χ3v) is 4.73. The Balaban J connectivity index is 1.70. The third-order valence-electron chi connectivity index (χ3n) is 4.73. The number of methoxy groups -OCH3 is 1. The van der Waals surface area contributed by atoms with Gasteiger partial charge in [0, 0.05) is 36.9 Å². The summed E-state index contributed by atoms with van der Waals surface area (Å²) < 4.78 is 11.0. The molecule has 3 rings (SSSR count). The van der Waals surface area contributed by atoms with E-state index in [1.807, 2.05) is 54.3 Å². The van der Waals surface area contributed by atoms with E-state index in [4.69, 9.17) is 9.47 Å². The maximum absolute atomic E-state index is 12.8. The number of amides is 1. The van der Waals surface area contributed by atoms with E-state index in [9.17, 15) is 4.79 Å². The van der Waals surface area contributed by atoms with Gasteiger partial charge in [0.05, 0.1) is 18.9 Å². The lowest BCUT2D eigenvalue weighted by molar-refractivity contribution is -0.00311. The quantitative estimate of drug-likeness (QED) is 0.792. The van der Waals surface area contributed by atoms with Crippen molar-refractivity contribution >= 4 is 5.91 Å². The molecule has 5 nitrogen and oxygen atoms in total. The lowest BCUT2D eigenvalue weighted by atomic mass is 10.1. The smallest absolute Gasteiger partial charge is 0.253 e. The van der Waals surface area contributed by atoms with Crippen LogP contribution in [-0.4, -0.2) is 48.7 Å². The fourth-order valence-corrected chi connectivity index (χ4v) is 3.21. The predicted octanol–water partition coefficient (Wildman–Crippen LogP) is 3.79. The van der Waals surface area contributed by atoms with Gasteiger partial charge in [0.2, 0.25) is 5.88 Å². The second-order valence-electron chi connectivity index (χ2n) is 6.47. The molecule has 2 heterocycles. The molecule has 1 fully saturated rings. The van der Waals surface area contributed by atoms with Crippen LogP contribution in [0.3, 0.4) is 0 Å². The first-order chi connectivity index (χ1) is 12.7. The van der Waals surface area contributed by atoms with Crippen molar-refractivity contribution in [3.63, 3.8) is 0 Å². The van der Waals surface area contributed by atoms with Crippen molar-refractivity contribution < 1.29 is 14.3 Å². The molecule has 0 aliphatic carbocycles. The topological polar surface area (TPSA) is 51.7 Å². The van der Waals surface area contributed by atoms with Crippen LogP contribution in [0, 0.1) is 0 Å². The molecule has 0 bridgehead atoms. The molecule has 0 spiro atoms. The fraction of sp³-hybridized carbons (Fsp3) is 0.429. The van der Waals surface area contributed by atoms with E-state index in [2.05, 4.69) is 4.98 Å². The largest absolute Gasteiger partial charge is 0.481 e. The van der Waals surface area contributed by atoms with Crippen molar-refractivity contribution in [1.29, 1.82) is 0 Å². The van der Waals surface area contributed by atoms with Crippen molar-refractivity contribution in [2.45, 2.75) is 32.3 Å². The molecule has 1 saturated heterocycles. The van der Waals surface area contributed by atoms with Gasteiger partial charge in [-0.05, 0) is 44.4 Å². The first kappa shape index (κ1) is 18.4. The Morgan fingerprint density at radius 2 is 2.04 bits per heavy atom. The van der Waals surface area contributed by atoms with Crippen LogP contribution < -0.4 is 4.74 Å². The van der Waals surface area contributed by atoms with Crippen LogP contribution in [-0.2, 0) is 4.74 Å². The minimum atomic E-state index is 0.0480. The fourth-order valence-electron chi connectivity index (χ4n) is 3.21. The van der Waals surface area contributed by atoms with E-state index in [1.54, 1.807) is 7.11 Å². The minimum absolute atomic E-state index is 0.0480. The summed E-state index contributed by atoms with van der Waals surface area (Å²) in [7, 11) is 1.60. The highest BCUT2D eigenvalue weighted by atomic mass is 16.5. The highest BCUT2D eigenvalue weighted by Crippen LogP contribution is 2.21. The zero-order valence-electron chi connectivity index (χ0n) is 15.5. The normalized spacial score (nSPS) is 16.9. The van der Waals surface area contributed by atoms with Gasteiger partial charge in [-0.1, -0.05) is 18.2 Å². The summed E-state index contributed by atoms with van der Waals surface area (Å²) in [5.41, 5.74) is 2.47. The summed E-state index contributed by atoms with van der Waals surface area (Å²) >= 11 is 0. The molecule has 26 heavy (non-hydrogen) atoms. The number of aromatic nitrogens is 1. The molecule has 1 atom stereocenters. The zero-order chi connectivity index (χ0) is 18.4. The molecule has 138 valence electrons. The van der Waals surface area contributed by atoms with Gasteiger partial charge in [-0.3, -0.25) is 4.79 Å². The Kier molecular flexibility index (Phi) is 6.23. The van der Waals surface area contributed by atoms with Crippen molar-refractivity contribution in [3.8, 4) is 17.1 Å². The summed E-state index contributed by atoms with van der Waals surface area (Å²) in [4.78, 5) is 19.1. The number of ether oxygens (including phenoxy) is 2. The predicted molar refractivity (Wildman–Crippen MR) is 101 cm³/mol. The molecule has 1 aromatic heterocycles. The second kappa shape index (κ2) is 8.81. The number of hydrogen-bond acceptors (Lipinski definition) is 4. The van der Waals surface area contributed by atoms with E-state index in [1.165, 1.54) is 6.42 Å². The summed E-state index contributed by atoms with van der Waals surface area (Å²) in [5, 5.41) is 0. The van der Waals surface area contributed by atoms with Crippen molar-refractivity contribution in [2.75, 3.05) is 26.8 Å². The van der Waals surface area contributed by atoms with Gasteiger partial charge in [-0.15, -0.1) is 0 Å². The number of carbonyl (C=O) groups is 1. The van der Waals surface area contributed by atoms with E-state index in [-0.39, 0.29) is 12.0 Å². The molecule has 0 unspecified atom stereocenters. The molecule has 1 aliphatic heterocycles. The van der Waals surface area contributed by atoms with E-state index in [0.29, 0.717) is 24.5 Å². The number of hydrogen-bond donors (Lipinski definition) is 0. The lowest BCUT2D eigenvalue weighted by Gasteiger charge is -2.29. The monoisotopic (exact) mass is 354 g/mol. The van der Waals surface area contributed by atoms with Crippen LogP contribution in [0.5, 0.6) is 5.88 Å². The number of pyridine rings is 1. The van der Waals surface area contributed by atoms with Crippen LogP contribution >= 0.6 is 0 Å². The average Bonchev–Trinajstić information content (AvgIpc) is 2.72. The molecular formula is C21H26N2O3. The Morgan fingerprint density at radius 3 is 2.69 bits per heavy atom. The zero-order valence-corrected chi connectivity index (χ0v) is 15.5. The molecule has 1 aromatic carbocycles. The van der Waals surface area contributed by atoms with Crippen molar-refractivity contribution in [1.82, 2.24) is 9.88 Å². The van der Waals surface area contributed by atoms with Gasteiger partial charge >= 0.3 is 0 Å². The summed E-state index contributed by atoms with van der Waals surface area (Å²) in [6, 6.07) is 13.2. The summed E-state index contributed by atoms with van der Waals surface area (Å²) in [6.45, 7) is 4.15. The number of rotatable bonds is 6. The van der Waals surface area contributed by atoms with Gasteiger partial charge in [0.15, 0.2) is 0 Å². The maximum atomic E-state index is 12.8. The summed E-state index contributed by atoms with van der Waals surface area (Å²) in [6.07, 6.45) is 3.49. The Morgan fingerprint density at radius 1 is 1.23 bits per heavy atom. The van der Waals surface area contributed by atoms with Crippen LogP contribution in [0.4, 0.5) is 0 Å². The van der Waals surface area contributed by atoms with Crippen molar-refractivity contribution in [2.24, 2.45) is 0 Å². The molecule has 0 radical (unpaired) electrons. The molecule has 5 heteroatoms. The van der Waals surface area contributed by atoms with Gasteiger partial charge in [0.1, 0.15) is 0 Å². The third kappa shape index (κ3) is 4.41. The highest BCUT2D eigenvalue weighted by Gasteiger charge is 2.21. The van der Waals surface area contributed by atoms with Gasteiger partial charge < -0.3 is 14.4 Å². The number of benzene rings is 1. The van der Waals surface area contributed by atoms with Crippen LogP contribution in [0.15, 0.2) is 42.5 Å². The van der Waals surface area contributed by atoms with Crippen LogP contribution in [0.2, 0.25) is 0 Å². The Bertz CT molecular complexity index is 724. The maximum Gasteiger partial charge on any atom is 0.253 e. The molecule has 0 saturated carbocycles. The van der Waals surface area contributed by atoms with Crippen LogP contribution in [0.25, 0.3) is 11.3 Å². The minimum Gasteiger partial charge on any atom is -0.481 e. The lowest BCUT2D eigenvalue weighted by Crippen LogP contribution is -2.39. The van der Waals surface area contributed by atoms with Crippen LogP contribution in [0.1, 0.15) is 36.5 Å². The van der Waals surface area contributed by atoms with Gasteiger partial charge in [0.25, 0.3) is 5.91 Å². The number of nitrogens with zero attached hydrogens (tertiary/aromatic N) is 2. The van der Waals surface area contributed by atoms with Gasteiger partial charge in [-0.25, -0.2) is 4.98 Å². The van der Waals surface area contributed by atoms with E-state index >= 15 is 0 Å². The first-order valence-corrected chi connectivity index (χ1v) is 9.23. The second-order valence-corrected chi connectivity index (χ2v) is 6.47. The molecule has 2 aromatic rings. The van der Waals surface area contributed by atoms with E-state index < -0.39 is 0 Å². The molecule has 1 aliphatic rings. The van der Waals surface area contributed by atoms with Crippen molar-refractivity contribution in [3.05, 3.63) is 48.0 Å². The SMILES string of the molecule is CCN(C[C@H]1CCCCO1)C(=O)c1ccc(-c2cccc(OC)n2)cc1.